The van der Waals surface area contributed by atoms with Crippen molar-refractivity contribution >= 4 is 17.6 Å². The number of alkyl halides is 1. The molecule has 0 N–H and O–H groups in total. The molecule has 0 aromatic carbocycles. The van der Waals surface area contributed by atoms with Crippen LogP contribution in [0.15, 0.2) is 12.7 Å². The molecule has 0 aromatic rings. The normalized spacial score (nSPS) is 12.2. The Morgan fingerprint density at radius 1 is 1.90 bits per heavy atom. The Morgan fingerprint density at radius 2 is 2.50 bits per heavy atom. The van der Waals surface area contributed by atoms with Gasteiger partial charge >= 0.3 is 5.97 Å². The number of carbonyl (C=O) groups excluding carboxylic acids is 1. The van der Waals surface area contributed by atoms with Crippen LogP contribution in [0.5, 0.6) is 0 Å². The molecule has 0 aliphatic rings. The van der Waals surface area contributed by atoms with E-state index in [-0.39, 0.29) is 0 Å². The average molecular weight is 163 g/mol. The molecule has 0 spiro atoms. The molecule has 0 bridgehead atoms. The van der Waals surface area contributed by atoms with Crippen LogP contribution in [0.4, 0.5) is 0 Å². The van der Waals surface area contributed by atoms with Crippen molar-refractivity contribution in [2.45, 2.75) is 18.7 Å². The van der Waals surface area contributed by atoms with Gasteiger partial charge in [0, 0.05) is 0 Å². The zero-order valence-corrected chi connectivity index (χ0v) is 6.73. The molecular weight excluding hydrogens is 152 g/mol. The lowest BCUT2D eigenvalue weighted by Gasteiger charge is -2.03. The zero-order chi connectivity index (χ0) is 7.98. The molecule has 0 saturated carbocycles. The van der Waals surface area contributed by atoms with Gasteiger partial charge in [-0.15, -0.1) is 18.2 Å². The van der Waals surface area contributed by atoms with E-state index in [4.69, 9.17) is 16.3 Å². The average Bonchev–Trinajstić information content (AvgIpc) is 1.98. The number of ether oxygens (including phenoxy) is 1. The van der Waals surface area contributed by atoms with E-state index in [2.05, 4.69) is 6.58 Å². The Balaban J connectivity index is 3.51. The van der Waals surface area contributed by atoms with Crippen LogP contribution < -0.4 is 0 Å². The highest BCUT2D eigenvalue weighted by atomic mass is 35.5. The van der Waals surface area contributed by atoms with Crippen LogP contribution in [0.1, 0.15) is 13.3 Å². The molecule has 0 aliphatic heterocycles. The van der Waals surface area contributed by atoms with Gasteiger partial charge in [-0.2, -0.15) is 0 Å². The number of hydrogen-bond acceptors (Lipinski definition) is 2. The maximum absolute atomic E-state index is 10.7. The van der Waals surface area contributed by atoms with Crippen molar-refractivity contribution in [1.29, 1.82) is 0 Å². The van der Waals surface area contributed by atoms with Crippen LogP contribution in [0.2, 0.25) is 0 Å². The van der Waals surface area contributed by atoms with Crippen LogP contribution in [-0.4, -0.2) is 18.0 Å². The summed E-state index contributed by atoms with van der Waals surface area (Å²) in [5.74, 6) is -0.418. The molecule has 2 nitrogen and oxygen atoms in total. The van der Waals surface area contributed by atoms with E-state index in [1.54, 1.807) is 0 Å². The molecular formula is C7H11ClO2. The molecule has 0 saturated heterocycles. The van der Waals surface area contributed by atoms with Crippen molar-refractivity contribution in [2.75, 3.05) is 6.61 Å². The van der Waals surface area contributed by atoms with E-state index in [1.165, 1.54) is 6.08 Å². The van der Waals surface area contributed by atoms with Crippen molar-refractivity contribution in [3.63, 3.8) is 0 Å². The largest absolute Gasteiger partial charge is 0.464 e. The van der Waals surface area contributed by atoms with Crippen LogP contribution in [0.25, 0.3) is 0 Å². The highest BCUT2D eigenvalue weighted by molar-refractivity contribution is 6.31. The predicted molar refractivity (Wildman–Crippen MR) is 41.1 cm³/mol. The fourth-order valence-electron chi connectivity index (χ4n) is 0.378. The summed E-state index contributed by atoms with van der Waals surface area (Å²) in [6, 6.07) is 0. The smallest absolute Gasteiger partial charge is 0.327 e. The van der Waals surface area contributed by atoms with Gasteiger partial charge in [0.15, 0.2) is 0 Å². The Bertz CT molecular complexity index is 123. The Morgan fingerprint density at radius 3 is 2.90 bits per heavy atom. The van der Waals surface area contributed by atoms with E-state index in [0.29, 0.717) is 6.61 Å². The van der Waals surface area contributed by atoms with Gasteiger partial charge < -0.3 is 4.74 Å². The lowest BCUT2D eigenvalue weighted by molar-refractivity contribution is -0.142. The molecule has 1 atom stereocenters. The predicted octanol–water partition coefficient (Wildman–Crippen LogP) is 1.73. The second kappa shape index (κ2) is 5.30. The van der Waals surface area contributed by atoms with Gasteiger partial charge in [-0.05, 0) is 6.42 Å². The molecule has 0 aliphatic carbocycles. The van der Waals surface area contributed by atoms with E-state index in [1.807, 2.05) is 6.92 Å². The van der Waals surface area contributed by atoms with Gasteiger partial charge in [0.2, 0.25) is 0 Å². The summed E-state index contributed by atoms with van der Waals surface area (Å²) < 4.78 is 4.70. The molecule has 58 valence electrons. The number of rotatable bonds is 4. The monoisotopic (exact) mass is 162 g/mol. The maximum Gasteiger partial charge on any atom is 0.327 e. The Kier molecular flexibility index (Phi) is 5.03. The number of hydrogen-bond donors (Lipinski definition) is 0. The summed E-state index contributed by atoms with van der Waals surface area (Å²) in [4.78, 5) is 10.7. The van der Waals surface area contributed by atoms with Crippen LogP contribution in [0, 0.1) is 0 Å². The SMILES string of the molecule is C=CC(Cl)C(=O)OCCC. The third-order valence-corrected chi connectivity index (χ3v) is 1.24. The minimum Gasteiger partial charge on any atom is -0.464 e. The molecule has 1 unspecified atom stereocenters. The summed E-state index contributed by atoms with van der Waals surface area (Å²) in [6.07, 6.45) is 2.16. The molecule has 0 amide bonds. The summed E-state index contributed by atoms with van der Waals surface area (Å²) >= 11 is 5.46. The van der Waals surface area contributed by atoms with Crippen LogP contribution in [-0.2, 0) is 9.53 Å². The first kappa shape index (κ1) is 9.50. The van der Waals surface area contributed by atoms with Crippen LogP contribution in [0.3, 0.4) is 0 Å². The topological polar surface area (TPSA) is 26.3 Å². The highest BCUT2D eigenvalue weighted by Gasteiger charge is 2.10. The lowest BCUT2D eigenvalue weighted by Crippen LogP contribution is -2.15. The minimum absolute atomic E-state index is 0.418. The molecule has 0 heterocycles. The van der Waals surface area contributed by atoms with E-state index in [9.17, 15) is 4.79 Å². The van der Waals surface area contributed by atoms with E-state index < -0.39 is 11.3 Å². The molecule has 0 rings (SSSR count). The summed E-state index contributed by atoms with van der Waals surface area (Å²) in [5, 5.41) is -0.702. The fourth-order valence-corrected chi connectivity index (χ4v) is 0.441. The molecule has 0 radical (unpaired) electrons. The van der Waals surface area contributed by atoms with Gasteiger partial charge in [-0.3, -0.25) is 4.79 Å². The van der Waals surface area contributed by atoms with Crippen LogP contribution >= 0.6 is 11.6 Å². The molecule has 3 heteroatoms. The maximum atomic E-state index is 10.7. The first-order chi connectivity index (χ1) is 4.72. The van der Waals surface area contributed by atoms with Gasteiger partial charge in [-0.25, -0.2) is 0 Å². The fraction of sp³-hybridized carbons (Fsp3) is 0.571. The van der Waals surface area contributed by atoms with Crippen molar-refractivity contribution in [2.24, 2.45) is 0 Å². The quantitative estimate of drug-likeness (QED) is 0.358. The van der Waals surface area contributed by atoms with Gasteiger partial charge in [0.25, 0.3) is 0 Å². The molecule has 0 fully saturated rings. The van der Waals surface area contributed by atoms with E-state index >= 15 is 0 Å². The van der Waals surface area contributed by atoms with E-state index in [0.717, 1.165) is 6.42 Å². The first-order valence-corrected chi connectivity index (χ1v) is 3.59. The molecule has 0 aromatic heterocycles. The Labute approximate surface area is 65.8 Å². The van der Waals surface area contributed by atoms with Crippen molar-refractivity contribution in [3.8, 4) is 0 Å². The lowest BCUT2D eigenvalue weighted by atomic mass is 10.4. The highest BCUT2D eigenvalue weighted by Crippen LogP contribution is 1.99. The number of carbonyl (C=O) groups is 1. The molecule has 10 heavy (non-hydrogen) atoms. The zero-order valence-electron chi connectivity index (χ0n) is 5.97. The van der Waals surface area contributed by atoms with Gasteiger partial charge in [0.1, 0.15) is 5.38 Å². The van der Waals surface area contributed by atoms with Crippen molar-refractivity contribution in [1.82, 2.24) is 0 Å². The second-order valence-electron chi connectivity index (χ2n) is 1.80. The third-order valence-electron chi connectivity index (χ3n) is 0.881. The second-order valence-corrected chi connectivity index (χ2v) is 2.28. The summed E-state index contributed by atoms with van der Waals surface area (Å²) in [5.41, 5.74) is 0. The van der Waals surface area contributed by atoms with Gasteiger partial charge in [-0.1, -0.05) is 13.0 Å². The van der Waals surface area contributed by atoms with Crippen molar-refractivity contribution in [3.05, 3.63) is 12.7 Å². The standard InChI is InChI=1S/C7H11ClO2/c1-3-5-10-7(9)6(8)4-2/h4,6H,2-3,5H2,1H3. The third kappa shape index (κ3) is 3.51. The Hall–Kier alpha value is -0.500. The van der Waals surface area contributed by atoms with Gasteiger partial charge in [0.05, 0.1) is 6.61 Å². The number of esters is 1. The minimum atomic E-state index is -0.702. The summed E-state index contributed by atoms with van der Waals surface area (Å²) in [6.45, 7) is 5.70. The van der Waals surface area contributed by atoms with Crippen molar-refractivity contribution < 1.29 is 9.53 Å². The number of halogens is 1. The summed E-state index contributed by atoms with van der Waals surface area (Å²) in [7, 11) is 0. The first-order valence-electron chi connectivity index (χ1n) is 3.15.